The Hall–Kier alpha value is -2.73. The minimum atomic E-state index is -0.187. The van der Waals surface area contributed by atoms with Gasteiger partial charge in [-0.1, -0.05) is 19.1 Å². The van der Waals surface area contributed by atoms with Gasteiger partial charge in [-0.05, 0) is 60.6 Å². The highest BCUT2D eigenvalue weighted by Crippen LogP contribution is 2.32. The number of fused-ring (bicyclic) bond motifs is 1. The summed E-state index contributed by atoms with van der Waals surface area (Å²) in [4.78, 5) is 25.9. The number of hydrogen-bond acceptors (Lipinski definition) is 4. The van der Waals surface area contributed by atoms with Gasteiger partial charge in [-0.2, -0.15) is 0 Å². The van der Waals surface area contributed by atoms with E-state index in [1.165, 1.54) is 4.91 Å². The third-order valence-electron chi connectivity index (χ3n) is 4.72. The number of anilines is 2. The zero-order valence-corrected chi connectivity index (χ0v) is 17.2. The van der Waals surface area contributed by atoms with E-state index in [0.29, 0.717) is 17.7 Å². The van der Waals surface area contributed by atoms with Gasteiger partial charge in [-0.3, -0.25) is 9.59 Å². The molecule has 146 valence electrons. The van der Waals surface area contributed by atoms with Crippen LogP contribution in [0.2, 0.25) is 0 Å². The first-order valence-electron chi connectivity index (χ1n) is 9.36. The Morgan fingerprint density at radius 3 is 2.68 bits per heavy atom. The average Bonchev–Trinajstić information content (AvgIpc) is 2.72. The Labute approximate surface area is 170 Å². The molecule has 3 rings (SSSR count). The number of benzene rings is 2. The fraction of sp³-hybridized carbons (Fsp3) is 0.273. The van der Waals surface area contributed by atoms with Gasteiger partial charge < -0.3 is 16.0 Å². The number of allylic oxidation sites excluding steroid dienone is 1. The van der Waals surface area contributed by atoms with Crippen LogP contribution in [-0.2, 0) is 6.42 Å². The third kappa shape index (κ3) is 4.22. The number of carbonyl (C=O) groups is 2. The molecular formula is C22H25N3O2S. The number of carbonyl (C=O) groups excluding carboxylic acids is 2. The lowest BCUT2D eigenvalue weighted by Gasteiger charge is -2.18. The molecule has 0 fully saturated rings. The van der Waals surface area contributed by atoms with Crippen molar-refractivity contribution in [2.75, 3.05) is 30.5 Å². The number of thioether (sulfide) groups is 1. The predicted octanol–water partition coefficient (Wildman–Crippen LogP) is 4.38. The maximum absolute atomic E-state index is 12.9. The lowest BCUT2D eigenvalue weighted by Crippen LogP contribution is -2.32. The minimum absolute atomic E-state index is 0.0781. The molecule has 1 aliphatic heterocycles. The summed E-state index contributed by atoms with van der Waals surface area (Å²) in [5, 5.41) is 8.97. The van der Waals surface area contributed by atoms with Crippen molar-refractivity contribution in [1.29, 1.82) is 0 Å². The number of hydrogen-bond donors (Lipinski definition) is 3. The highest BCUT2D eigenvalue weighted by Gasteiger charge is 2.19. The Kier molecular flexibility index (Phi) is 6.41. The molecule has 0 aliphatic carbocycles. The quantitative estimate of drug-likeness (QED) is 0.679. The van der Waals surface area contributed by atoms with E-state index in [1.807, 2.05) is 25.2 Å². The van der Waals surface area contributed by atoms with E-state index < -0.39 is 0 Å². The van der Waals surface area contributed by atoms with Crippen LogP contribution in [0.25, 0.3) is 4.91 Å². The molecule has 0 saturated heterocycles. The summed E-state index contributed by atoms with van der Waals surface area (Å²) >= 11 is 1.69. The monoisotopic (exact) mass is 395 g/mol. The average molecular weight is 396 g/mol. The van der Waals surface area contributed by atoms with Crippen LogP contribution < -0.4 is 16.0 Å². The number of amides is 2. The smallest absolute Gasteiger partial charge is 0.255 e. The summed E-state index contributed by atoms with van der Waals surface area (Å²) < 4.78 is 0. The lowest BCUT2D eigenvalue weighted by molar-refractivity contribution is 0.0944. The van der Waals surface area contributed by atoms with Crippen molar-refractivity contribution in [1.82, 2.24) is 5.32 Å². The van der Waals surface area contributed by atoms with Crippen LogP contribution in [0.4, 0.5) is 11.4 Å². The molecule has 0 unspecified atom stereocenters. The molecule has 0 radical (unpaired) electrons. The SMILES string of the molecule is CC/C=C(\SC)c1ccc(NC)c(NC(=O)c2ccc3c(c2)CCNC3=O)c1. The second-order valence-corrected chi connectivity index (χ2v) is 7.37. The van der Waals surface area contributed by atoms with Gasteiger partial charge in [0.15, 0.2) is 0 Å². The van der Waals surface area contributed by atoms with Crippen LogP contribution in [0.1, 0.15) is 45.2 Å². The van der Waals surface area contributed by atoms with Gasteiger partial charge in [-0.25, -0.2) is 0 Å². The van der Waals surface area contributed by atoms with Crippen molar-refractivity contribution in [3.8, 4) is 0 Å². The molecule has 2 amide bonds. The van der Waals surface area contributed by atoms with Gasteiger partial charge in [0.05, 0.1) is 11.4 Å². The summed E-state index contributed by atoms with van der Waals surface area (Å²) in [6.45, 7) is 2.71. The van der Waals surface area contributed by atoms with Crippen LogP contribution in [0.3, 0.4) is 0 Å². The highest BCUT2D eigenvalue weighted by atomic mass is 32.2. The lowest BCUT2D eigenvalue weighted by atomic mass is 9.97. The molecule has 6 heteroatoms. The summed E-state index contributed by atoms with van der Waals surface area (Å²) in [7, 11) is 1.83. The maximum Gasteiger partial charge on any atom is 0.255 e. The maximum atomic E-state index is 12.9. The van der Waals surface area contributed by atoms with Crippen molar-refractivity contribution in [2.45, 2.75) is 19.8 Å². The fourth-order valence-electron chi connectivity index (χ4n) is 3.29. The molecule has 1 heterocycles. The molecule has 5 nitrogen and oxygen atoms in total. The van der Waals surface area contributed by atoms with Gasteiger partial charge in [0.1, 0.15) is 0 Å². The second kappa shape index (κ2) is 8.97. The van der Waals surface area contributed by atoms with Crippen LogP contribution in [0.15, 0.2) is 42.5 Å². The first-order valence-corrected chi connectivity index (χ1v) is 10.6. The van der Waals surface area contributed by atoms with E-state index in [0.717, 1.165) is 35.3 Å². The molecule has 0 spiro atoms. The topological polar surface area (TPSA) is 70.2 Å². The van der Waals surface area contributed by atoms with Crippen LogP contribution >= 0.6 is 11.8 Å². The summed E-state index contributed by atoms with van der Waals surface area (Å²) in [6.07, 6.45) is 5.92. The number of rotatable bonds is 6. The molecule has 0 aromatic heterocycles. The van der Waals surface area contributed by atoms with E-state index in [2.05, 4.69) is 41.3 Å². The van der Waals surface area contributed by atoms with Gasteiger partial charge in [-0.15, -0.1) is 11.8 Å². The van der Waals surface area contributed by atoms with Gasteiger partial charge in [0, 0.05) is 29.6 Å². The largest absolute Gasteiger partial charge is 0.386 e. The molecule has 3 N–H and O–H groups in total. The van der Waals surface area contributed by atoms with Crippen molar-refractivity contribution >= 4 is 39.9 Å². The molecule has 0 saturated carbocycles. The fourth-order valence-corrected chi connectivity index (χ4v) is 3.98. The Morgan fingerprint density at radius 2 is 1.96 bits per heavy atom. The Morgan fingerprint density at radius 1 is 1.18 bits per heavy atom. The van der Waals surface area contributed by atoms with Crippen LogP contribution in [0, 0.1) is 0 Å². The van der Waals surface area contributed by atoms with Gasteiger partial charge in [0.2, 0.25) is 0 Å². The number of nitrogens with one attached hydrogen (secondary N) is 3. The van der Waals surface area contributed by atoms with E-state index >= 15 is 0 Å². The predicted molar refractivity (Wildman–Crippen MR) is 118 cm³/mol. The van der Waals surface area contributed by atoms with E-state index in [9.17, 15) is 9.59 Å². The molecule has 1 aliphatic rings. The highest BCUT2D eigenvalue weighted by molar-refractivity contribution is 8.07. The van der Waals surface area contributed by atoms with Crippen molar-refractivity contribution in [2.24, 2.45) is 0 Å². The zero-order chi connectivity index (χ0) is 20.1. The minimum Gasteiger partial charge on any atom is -0.386 e. The zero-order valence-electron chi connectivity index (χ0n) is 16.4. The molecular weight excluding hydrogens is 370 g/mol. The standard InChI is InChI=1S/C22H25N3O2S/c1-4-5-20(28-3)15-7-9-18(23-2)19(13-15)25-21(26)16-6-8-17-14(12-16)10-11-24-22(17)27/h5-9,12-13,23H,4,10-11H2,1-3H3,(H,24,27)(H,25,26)/b20-5-. The van der Waals surface area contributed by atoms with Crippen molar-refractivity contribution < 1.29 is 9.59 Å². The second-order valence-electron chi connectivity index (χ2n) is 6.52. The molecule has 2 aromatic carbocycles. The van der Waals surface area contributed by atoms with Gasteiger partial charge >= 0.3 is 0 Å². The van der Waals surface area contributed by atoms with Gasteiger partial charge in [0.25, 0.3) is 11.8 Å². The molecule has 0 bridgehead atoms. The first-order chi connectivity index (χ1) is 13.6. The van der Waals surface area contributed by atoms with Crippen LogP contribution in [0.5, 0.6) is 0 Å². The van der Waals surface area contributed by atoms with Crippen LogP contribution in [-0.4, -0.2) is 31.7 Å². The summed E-state index contributed by atoms with van der Waals surface area (Å²) in [6, 6.07) is 11.3. The molecule has 28 heavy (non-hydrogen) atoms. The first kappa shape index (κ1) is 20.0. The third-order valence-corrected chi connectivity index (χ3v) is 5.57. The molecule has 2 aromatic rings. The van der Waals surface area contributed by atoms with E-state index in [4.69, 9.17) is 0 Å². The van der Waals surface area contributed by atoms with Crippen molar-refractivity contribution in [3.63, 3.8) is 0 Å². The van der Waals surface area contributed by atoms with E-state index in [1.54, 1.807) is 23.9 Å². The summed E-state index contributed by atoms with van der Waals surface area (Å²) in [5.41, 5.74) is 4.77. The Bertz CT molecular complexity index is 937. The Balaban J connectivity index is 1.89. The van der Waals surface area contributed by atoms with E-state index in [-0.39, 0.29) is 11.8 Å². The summed E-state index contributed by atoms with van der Waals surface area (Å²) in [5.74, 6) is -0.265. The molecule has 0 atom stereocenters. The van der Waals surface area contributed by atoms with Crippen molar-refractivity contribution in [3.05, 3.63) is 64.7 Å². The normalized spacial score (nSPS) is 13.5.